The van der Waals surface area contributed by atoms with Crippen molar-refractivity contribution >= 4 is 21.9 Å². The lowest BCUT2D eigenvalue weighted by Crippen LogP contribution is -2.29. The van der Waals surface area contributed by atoms with Crippen LogP contribution in [-0.2, 0) is 16.1 Å². The van der Waals surface area contributed by atoms with E-state index in [1.165, 1.54) is 0 Å². The molecular weight excluding hydrogens is 282 g/mol. The van der Waals surface area contributed by atoms with Crippen LogP contribution < -0.4 is 5.73 Å². The van der Waals surface area contributed by atoms with Crippen molar-refractivity contribution in [3.63, 3.8) is 0 Å². The van der Waals surface area contributed by atoms with Crippen LogP contribution in [0.2, 0.25) is 0 Å². The van der Waals surface area contributed by atoms with Crippen molar-refractivity contribution in [1.82, 2.24) is 0 Å². The van der Waals surface area contributed by atoms with E-state index < -0.39 is 0 Å². The van der Waals surface area contributed by atoms with E-state index in [1.54, 1.807) is 0 Å². The van der Waals surface area contributed by atoms with E-state index in [9.17, 15) is 4.79 Å². The highest BCUT2D eigenvalue weighted by atomic mass is 79.9. The third-order valence-electron chi connectivity index (χ3n) is 2.55. The molecule has 0 fully saturated rings. The minimum absolute atomic E-state index is 0.134. The van der Waals surface area contributed by atoms with E-state index in [-0.39, 0.29) is 24.3 Å². The van der Waals surface area contributed by atoms with Crippen molar-refractivity contribution in [1.29, 1.82) is 0 Å². The number of carbonyl (C=O) groups excluding carboxylic acids is 1. The molecular formula is C13H18BrNO2. The van der Waals surface area contributed by atoms with Crippen molar-refractivity contribution < 1.29 is 9.53 Å². The van der Waals surface area contributed by atoms with Crippen molar-refractivity contribution in [3.05, 3.63) is 34.3 Å². The molecule has 0 saturated carbocycles. The van der Waals surface area contributed by atoms with Gasteiger partial charge in [-0.3, -0.25) is 4.79 Å². The first-order valence-electron chi connectivity index (χ1n) is 5.64. The van der Waals surface area contributed by atoms with Gasteiger partial charge in [0.1, 0.15) is 6.61 Å². The lowest BCUT2D eigenvalue weighted by Gasteiger charge is -2.14. The number of hydrogen-bond acceptors (Lipinski definition) is 3. The van der Waals surface area contributed by atoms with Crippen molar-refractivity contribution in [2.45, 2.75) is 32.9 Å². The molecule has 1 rings (SSSR count). The molecule has 1 unspecified atom stereocenters. The zero-order chi connectivity index (χ0) is 12.8. The summed E-state index contributed by atoms with van der Waals surface area (Å²) in [7, 11) is 0. The average Bonchev–Trinajstić information content (AvgIpc) is 2.26. The van der Waals surface area contributed by atoms with Crippen LogP contribution in [0.1, 0.15) is 25.8 Å². The maximum absolute atomic E-state index is 11.5. The SMILES string of the molecule is CC(C)C(N)CC(=O)OCc1cccc(Br)c1. The number of rotatable bonds is 5. The summed E-state index contributed by atoms with van der Waals surface area (Å²) in [5, 5.41) is 0. The highest BCUT2D eigenvalue weighted by Crippen LogP contribution is 2.13. The fourth-order valence-corrected chi connectivity index (χ4v) is 1.72. The van der Waals surface area contributed by atoms with Crippen LogP contribution in [0.3, 0.4) is 0 Å². The zero-order valence-corrected chi connectivity index (χ0v) is 11.7. The van der Waals surface area contributed by atoms with E-state index >= 15 is 0 Å². The third-order valence-corrected chi connectivity index (χ3v) is 3.04. The zero-order valence-electron chi connectivity index (χ0n) is 10.2. The van der Waals surface area contributed by atoms with Gasteiger partial charge < -0.3 is 10.5 Å². The molecule has 0 bridgehead atoms. The van der Waals surface area contributed by atoms with Crippen molar-refractivity contribution in [3.8, 4) is 0 Å². The van der Waals surface area contributed by atoms with Gasteiger partial charge in [-0.05, 0) is 23.6 Å². The minimum Gasteiger partial charge on any atom is -0.461 e. The van der Waals surface area contributed by atoms with Gasteiger partial charge in [-0.15, -0.1) is 0 Å². The first-order valence-corrected chi connectivity index (χ1v) is 6.44. The van der Waals surface area contributed by atoms with Gasteiger partial charge in [0.2, 0.25) is 0 Å². The Kier molecular flexibility index (Phi) is 5.65. The van der Waals surface area contributed by atoms with E-state index in [2.05, 4.69) is 15.9 Å². The highest BCUT2D eigenvalue weighted by Gasteiger charge is 2.13. The van der Waals surface area contributed by atoms with E-state index in [0.717, 1.165) is 10.0 Å². The molecule has 0 saturated heterocycles. The number of ether oxygens (including phenoxy) is 1. The summed E-state index contributed by atoms with van der Waals surface area (Å²) < 4.78 is 6.14. The van der Waals surface area contributed by atoms with E-state index in [0.29, 0.717) is 6.61 Å². The number of carbonyl (C=O) groups is 1. The fourth-order valence-electron chi connectivity index (χ4n) is 1.28. The molecule has 0 aliphatic heterocycles. The molecule has 94 valence electrons. The molecule has 2 N–H and O–H groups in total. The second-order valence-electron chi connectivity index (χ2n) is 4.40. The minimum atomic E-state index is -0.244. The molecule has 0 aliphatic rings. The summed E-state index contributed by atoms with van der Waals surface area (Å²) in [6.45, 7) is 4.28. The second-order valence-corrected chi connectivity index (χ2v) is 5.32. The quantitative estimate of drug-likeness (QED) is 0.851. The van der Waals surface area contributed by atoms with Gasteiger partial charge in [-0.25, -0.2) is 0 Å². The Balaban J connectivity index is 2.38. The standard InChI is InChI=1S/C13H18BrNO2/c1-9(2)12(15)7-13(16)17-8-10-4-3-5-11(14)6-10/h3-6,9,12H,7-8,15H2,1-2H3. The van der Waals surface area contributed by atoms with Crippen LogP contribution in [0.15, 0.2) is 28.7 Å². The van der Waals surface area contributed by atoms with Crippen LogP contribution in [0, 0.1) is 5.92 Å². The Bertz CT molecular complexity index is 379. The number of nitrogens with two attached hydrogens (primary N) is 1. The lowest BCUT2D eigenvalue weighted by atomic mass is 10.0. The summed E-state index contributed by atoms with van der Waals surface area (Å²) in [6, 6.07) is 7.55. The van der Waals surface area contributed by atoms with Crippen LogP contribution >= 0.6 is 15.9 Å². The number of esters is 1. The monoisotopic (exact) mass is 299 g/mol. The summed E-state index contributed by atoms with van der Waals surface area (Å²) in [5.74, 6) is 0.0413. The third kappa shape index (κ3) is 5.33. The van der Waals surface area contributed by atoms with Crippen LogP contribution in [0.5, 0.6) is 0 Å². The van der Waals surface area contributed by atoms with Gasteiger partial charge in [0, 0.05) is 10.5 Å². The lowest BCUT2D eigenvalue weighted by molar-refractivity contribution is -0.145. The normalized spacial score (nSPS) is 12.5. The number of halogens is 1. The largest absolute Gasteiger partial charge is 0.461 e. The Hall–Kier alpha value is -0.870. The predicted molar refractivity (Wildman–Crippen MR) is 71.4 cm³/mol. The van der Waals surface area contributed by atoms with Gasteiger partial charge in [0.25, 0.3) is 0 Å². The molecule has 1 aromatic carbocycles. The molecule has 0 aromatic heterocycles. The Morgan fingerprint density at radius 1 is 1.47 bits per heavy atom. The summed E-state index contributed by atoms with van der Waals surface area (Å²) in [4.78, 5) is 11.5. The van der Waals surface area contributed by atoms with Gasteiger partial charge in [-0.1, -0.05) is 41.9 Å². The molecule has 3 nitrogen and oxygen atoms in total. The molecule has 0 heterocycles. The smallest absolute Gasteiger partial charge is 0.307 e. The van der Waals surface area contributed by atoms with Crippen LogP contribution in [0.25, 0.3) is 0 Å². The van der Waals surface area contributed by atoms with E-state index in [1.807, 2.05) is 38.1 Å². The van der Waals surface area contributed by atoms with E-state index in [4.69, 9.17) is 10.5 Å². The summed E-state index contributed by atoms with van der Waals surface area (Å²) >= 11 is 3.37. The fraction of sp³-hybridized carbons (Fsp3) is 0.462. The van der Waals surface area contributed by atoms with Crippen LogP contribution in [-0.4, -0.2) is 12.0 Å². The van der Waals surface area contributed by atoms with Gasteiger partial charge >= 0.3 is 5.97 Å². The predicted octanol–water partition coefficient (Wildman–Crippen LogP) is 2.87. The molecule has 1 atom stereocenters. The first-order chi connectivity index (χ1) is 7.99. The number of benzene rings is 1. The first kappa shape index (κ1) is 14.2. The molecule has 0 spiro atoms. The van der Waals surface area contributed by atoms with Gasteiger partial charge in [0.15, 0.2) is 0 Å². The summed E-state index contributed by atoms with van der Waals surface area (Å²) in [5.41, 5.74) is 6.77. The topological polar surface area (TPSA) is 52.3 Å². The summed E-state index contributed by atoms with van der Waals surface area (Å²) in [6.07, 6.45) is 0.270. The van der Waals surface area contributed by atoms with Crippen molar-refractivity contribution in [2.75, 3.05) is 0 Å². The van der Waals surface area contributed by atoms with Gasteiger partial charge in [0.05, 0.1) is 6.42 Å². The maximum Gasteiger partial charge on any atom is 0.307 e. The average molecular weight is 300 g/mol. The Morgan fingerprint density at radius 3 is 2.76 bits per heavy atom. The molecule has 0 radical (unpaired) electrons. The Morgan fingerprint density at radius 2 is 2.18 bits per heavy atom. The molecule has 4 heteroatoms. The maximum atomic E-state index is 11.5. The molecule has 0 amide bonds. The highest BCUT2D eigenvalue weighted by molar-refractivity contribution is 9.10. The molecule has 17 heavy (non-hydrogen) atoms. The Labute approximate surface area is 110 Å². The molecule has 1 aromatic rings. The number of hydrogen-bond donors (Lipinski definition) is 1. The van der Waals surface area contributed by atoms with Gasteiger partial charge in [-0.2, -0.15) is 0 Å². The van der Waals surface area contributed by atoms with Crippen molar-refractivity contribution in [2.24, 2.45) is 11.7 Å². The molecule has 0 aliphatic carbocycles. The second kappa shape index (κ2) is 6.77. The van der Waals surface area contributed by atoms with Crippen LogP contribution in [0.4, 0.5) is 0 Å².